The van der Waals surface area contributed by atoms with Crippen molar-refractivity contribution in [1.29, 1.82) is 0 Å². The molecule has 4 N–H and O–H groups in total. The van der Waals surface area contributed by atoms with Gasteiger partial charge in [0.05, 0.1) is 0 Å². The zero-order valence-electron chi connectivity index (χ0n) is 21.2. The second kappa shape index (κ2) is 8.97. The summed E-state index contributed by atoms with van der Waals surface area (Å²) in [7, 11) is 0. The molecule has 0 amide bonds. The zero-order valence-corrected chi connectivity index (χ0v) is 21.2. The summed E-state index contributed by atoms with van der Waals surface area (Å²) in [5.41, 5.74) is 17.4. The number of rotatable bonds is 8. The van der Waals surface area contributed by atoms with E-state index in [4.69, 9.17) is 11.5 Å². The molecule has 2 heterocycles. The van der Waals surface area contributed by atoms with Gasteiger partial charge < -0.3 is 11.5 Å². The lowest BCUT2D eigenvalue weighted by atomic mass is 9.83. The van der Waals surface area contributed by atoms with Gasteiger partial charge in [-0.1, -0.05) is 48.5 Å². The van der Waals surface area contributed by atoms with Gasteiger partial charge in [0.25, 0.3) is 0 Å². The monoisotopic (exact) mass is 476 g/mol. The molecule has 4 heteroatoms. The lowest BCUT2D eigenvalue weighted by Gasteiger charge is -2.32. The van der Waals surface area contributed by atoms with Crippen molar-refractivity contribution in [3.05, 3.63) is 70.8 Å². The summed E-state index contributed by atoms with van der Waals surface area (Å²) in [6, 6.07) is 19.2. The van der Waals surface area contributed by atoms with Crippen LogP contribution in [0, 0.1) is 0 Å². The molecule has 0 radical (unpaired) electrons. The average Bonchev–Trinajstić information content (AvgIpc) is 2.90. The van der Waals surface area contributed by atoms with E-state index in [1.165, 1.54) is 78.2 Å². The van der Waals surface area contributed by atoms with E-state index in [2.05, 4.69) is 58.3 Å². The molecule has 0 bridgehead atoms. The minimum absolute atomic E-state index is 0.785. The van der Waals surface area contributed by atoms with Gasteiger partial charge in [-0.3, -0.25) is 9.80 Å². The van der Waals surface area contributed by atoms with Crippen molar-refractivity contribution in [2.75, 3.05) is 26.2 Å². The summed E-state index contributed by atoms with van der Waals surface area (Å²) in [6.45, 7) is 7.98. The minimum Gasteiger partial charge on any atom is -0.330 e. The van der Waals surface area contributed by atoms with Gasteiger partial charge in [0, 0.05) is 26.2 Å². The molecule has 184 valence electrons. The first-order chi connectivity index (χ1) is 17.8. The predicted octanol–water partition coefficient (Wildman–Crippen LogP) is 5.85. The largest absolute Gasteiger partial charge is 0.330 e. The molecule has 0 aromatic heterocycles. The van der Waals surface area contributed by atoms with E-state index >= 15 is 0 Å². The summed E-state index contributed by atoms with van der Waals surface area (Å²) in [6.07, 6.45) is 4.56. The molecular weight excluding hydrogens is 440 g/mol. The lowest BCUT2D eigenvalue weighted by molar-refractivity contribution is 0.248. The van der Waals surface area contributed by atoms with Crippen molar-refractivity contribution in [3.63, 3.8) is 0 Å². The van der Waals surface area contributed by atoms with Crippen LogP contribution in [-0.4, -0.2) is 36.0 Å². The van der Waals surface area contributed by atoms with Crippen LogP contribution in [0.3, 0.4) is 0 Å². The second-order valence-corrected chi connectivity index (χ2v) is 11.0. The number of unbranched alkanes of at least 4 members (excludes halogenated alkanes) is 2. The highest BCUT2D eigenvalue weighted by atomic mass is 15.1. The maximum Gasteiger partial charge on any atom is 0.0243 e. The van der Waals surface area contributed by atoms with Crippen LogP contribution in [0.5, 0.6) is 0 Å². The van der Waals surface area contributed by atoms with Gasteiger partial charge in [0.2, 0.25) is 0 Å². The Labute approximate surface area is 213 Å². The van der Waals surface area contributed by atoms with Gasteiger partial charge in [-0.2, -0.15) is 0 Å². The Balaban J connectivity index is 1.38. The average molecular weight is 477 g/mol. The maximum absolute atomic E-state index is 5.75. The van der Waals surface area contributed by atoms with Crippen molar-refractivity contribution in [1.82, 2.24) is 9.80 Å². The maximum atomic E-state index is 5.75. The molecule has 0 fully saturated rings. The first kappa shape index (κ1) is 22.4. The molecule has 0 spiro atoms. The van der Waals surface area contributed by atoms with Gasteiger partial charge in [-0.15, -0.1) is 0 Å². The van der Waals surface area contributed by atoms with Crippen molar-refractivity contribution >= 4 is 43.1 Å². The van der Waals surface area contributed by atoms with Gasteiger partial charge in [0.15, 0.2) is 0 Å². The molecule has 2 aliphatic heterocycles. The van der Waals surface area contributed by atoms with E-state index in [9.17, 15) is 0 Å². The van der Waals surface area contributed by atoms with Crippen LogP contribution >= 0.6 is 0 Å². The van der Waals surface area contributed by atoms with Crippen LogP contribution in [0.25, 0.3) is 43.1 Å². The van der Waals surface area contributed by atoms with Crippen molar-refractivity contribution in [3.8, 4) is 0 Å². The Bertz CT molecular complexity index is 1370. The van der Waals surface area contributed by atoms with Crippen LogP contribution in [0.15, 0.2) is 48.5 Å². The van der Waals surface area contributed by atoms with Crippen LogP contribution in [0.4, 0.5) is 0 Å². The standard InChI is InChI=1S/C32H36N4/c33-13-1-3-15-35-17-21-5-9-25-27-11-7-23-19-36(16-4-2-14-34)20-24-8-12-28(32(27)30(23)24)26-10-6-22(18-35)29(21)31(25)26/h5-12H,1-4,13-20,33-34H2. The van der Waals surface area contributed by atoms with Crippen LogP contribution in [0.1, 0.15) is 47.9 Å². The number of nitrogens with two attached hydrogens (primary N) is 2. The molecule has 5 aromatic carbocycles. The van der Waals surface area contributed by atoms with Crippen LogP contribution in [0.2, 0.25) is 0 Å². The fourth-order valence-corrected chi connectivity index (χ4v) is 7.06. The molecule has 4 nitrogen and oxygen atoms in total. The number of nitrogens with zero attached hydrogens (tertiary/aromatic N) is 2. The molecule has 0 saturated carbocycles. The molecule has 0 aliphatic carbocycles. The van der Waals surface area contributed by atoms with Crippen LogP contribution in [-0.2, 0) is 26.2 Å². The second-order valence-electron chi connectivity index (χ2n) is 11.0. The Kier molecular flexibility index (Phi) is 5.59. The fourth-order valence-electron chi connectivity index (χ4n) is 7.06. The van der Waals surface area contributed by atoms with Crippen LogP contribution < -0.4 is 11.5 Å². The highest BCUT2D eigenvalue weighted by Gasteiger charge is 2.25. The van der Waals surface area contributed by atoms with Gasteiger partial charge in [-0.05, 0) is 117 Å². The Morgan fingerprint density at radius 2 is 0.778 bits per heavy atom. The molecule has 0 saturated heterocycles. The molecule has 2 aliphatic rings. The lowest BCUT2D eigenvalue weighted by Crippen LogP contribution is -2.28. The van der Waals surface area contributed by atoms with E-state index in [1.807, 2.05) is 0 Å². The van der Waals surface area contributed by atoms with E-state index in [-0.39, 0.29) is 0 Å². The summed E-state index contributed by atoms with van der Waals surface area (Å²) in [4.78, 5) is 5.19. The fraction of sp³-hybridized carbons (Fsp3) is 0.375. The molecular formula is C32H36N4. The molecule has 36 heavy (non-hydrogen) atoms. The Morgan fingerprint density at radius 3 is 1.08 bits per heavy atom. The molecule has 5 aromatic rings. The van der Waals surface area contributed by atoms with Crippen molar-refractivity contribution in [2.24, 2.45) is 11.5 Å². The van der Waals surface area contributed by atoms with Crippen molar-refractivity contribution in [2.45, 2.75) is 51.9 Å². The number of hydrogen-bond acceptors (Lipinski definition) is 4. The van der Waals surface area contributed by atoms with Gasteiger partial charge in [0.1, 0.15) is 0 Å². The summed E-state index contributed by atoms with van der Waals surface area (Å²) in [5, 5.41) is 11.6. The summed E-state index contributed by atoms with van der Waals surface area (Å²) < 4.78 is 0. The van der Waals surface area contributed by atoms with Gasteiger partial charge in [-0.25, -0.2) is 0 Å². The third kappa shape index (κ3) is 3.43. The number of fused-ring (bicyclic) bond motifs is 2. The van der Waals surface area contributed by atoms with E-state index in [0.717, 1.165) is 65.2 Å². The van der Waals surface area contributed by atoms with Crippen molar-refractivity contribution < 1.29 is 0 Å². The van der Waals surface area contributed by atoms with E-state index in [0.29, 0.717) is 0 Å². The molecule has 0 atom stereocenters. The highest BCUT2D eigenvalue weighted by molar-refractivity contribution is 6.34. The quantitative estimate of drug-likeness (QED) is 0.168. The summed E-state index contributed by atoms with van der Waals surface area (Å²) in [5.74, 6) is 0. The SMILES string of the molecule is NCCCCN1Cc2ccc3c4ccc5c6c(ccc(c7ccc(c2c37)C1)c64)CN(CCCCN)C5. The summed E-state index contributed by atoms with van der Waals surface area (Å²) >= 11 is 0. The molecule has 0 unspecified atom stereocenters. The number of benzene rings is 5. The highest BCUT2D eigenvalue weighted by Crippen LogP contribution is 2.46. The minimum atomic E-state index is 0.785. The first-order valence-corrected chi connectivity index (χ1v) is 13.8. The Morgan fingerprint density at radius 1 is 0.444 bits per heavy atom. The third-order valence-electron chi connectivity index (χ3n) is 8.68. The van der Waals surface area contributed by atoms with E-state index in [1.54, 1.807) is 0 Å². The topological polar surface area (TPSA) is 58.5 Å². The normalized spacial score (nSPS) is 16.3. The van der Waals surface area contributed by atoms with E-state index < -0.39 is 0 Å². The third-order valence-corrected chi connectivity index (χ3v) is 8.68. The number of hydrogen-bond donors (Lipinski definition) is 2. The smallest absolute Gasteiger partial charge is 0.0243 e. The predicted molar refractivity (Wildman–Crippen MR) is 152 cm³/mol. The Hall–Kier alpha value is -2.76. The van der Waals surface area contributed by atoms with Gasteiger partial charge >= 0.3 is 0 Å². The molecule has 7 rings (SSSR count). The first-order valence-electron chi connectivity index (χ1n) is 13.8. The zero-order chi connectivity index (χ0) is 24.2.